The molecule has 38 heavy (non-hydrogen) atoms. The molecule has 0 aromatic carbocycles. The van der Waals surface area contributed by atoms with Crippen LogP contribution in [0.3, 0.4) is 0 Å². The van der Waals surface area contributed by atoms with E-state index in [0.29, 0.717) is 32.6 Å². The van der Waals surface area contributed by atoms with E-state index in [-0.39, 0.29) is 26.4 Å². The van der Waals surface area contributed by atoms with Crippen LogP contribution < -0.4 is 5.09 Å². The second-order valence-corrected chi connectivity index (χ2v) is 11.0. The van der Waals surface area contributed by atoms with E-state index >= 15 is 0 Å². The normalized spacial score (nSPS) is 11.3. The van der Waals surface area contributed by atoms with Crippen molar-refractivity contribution >= 4 is 20.1 Å². The van der Waals surface area contributed by atoms with Crippen LogP contribution in [0.4, 0.5) is 9.59 Å². The standard InChI is InChI=1S/C27H54NO9P/c1-4-7-9-11-13-15-20-32-26(29)34-22-17-24-36-38(31,28-19-6-3)37-25-18-23-35-27(30)33-21-16-14-12-10-8-5-2/h4-25H2,1-3H3,(H,28,31). The van der Waals surface area contributed by atoms with Crippen molar-refractivity contribution in [3.05, 3.63) is 0 Å². The molecule has 0 spiro atoms. The molecule has 0 saturated heterocycles. The summed E-state index contributed by atoms with van der Waals surface area (Å²) in [4.78, 5) is 23.3. The van der Waals surface area contributed by atoms with E-state index in [1.165, 1.54) is 38.5 Å². The summed E-state index contributed by atoms with van der Waals surface area (Å²) in [6.07, 6.45) is 13.4. The number of unbranched alkanes of at least 4 members (excludes halogenated alkanes) is 10. The van der Waals surface area contributed by atoms with Crippen LogP contribution in [0.1, 0.15) is 117 Å². The van der Waals surface area contributed by atoms with Crippen LogP contribution in [0, 0.1) is 0 Å². The summed E-state index contributed by atoms with van der Waals surface area (Å²) < 4.78 is 43.9. The fraction of sp³-hybridized carbons (Fsp3) is 0.926. The molecule has 0 aliphatic carbocycles. The molecule has 0 aromatic rings. The zero-order chi connectivity index (χ0) is 28.2. The summed E-state index contributed by atoms with van der Waals surface area (Å²) in [5, 5.41) is 2.80. The minimum atomic E-state index is -3.52. The van der Waals surface area contributed by atoms with Crippen molar-refractivity contribution in [2.75, 3.05) is 46.2 Å². The minimum absolute atomic E-state index is 0.0833. The van der Waals surface area contributed by atoms with Crippen molar-refractivity contribution < 1.29 is 42.1 Å². The first-order chi connectivity index (χ1) is 18.5. The van der Waals surface area contributed by atoms with Gasteiger partial charge in [-0.1, -0.05) is 85.0 Å². The number of nitrogens with one attached hydrogen (secondary N) is 1. The molecule has 0 unspecified atom stereocenters. The predicted octanol–water partition coefficient (Wildman–Crippen LogP) is 7.93. The molecule has 0 heterocycles. The lowest BCUT2D eigenvalue weighted by Gasteiger charge is -2.19. The molecule has 0 atom stereocenters. The molecule has 0 amide bonds. The van der Waals surface area contributed by atoms with Crippen molar-refractivity contribution in [1.82, 2.24) is 5.09 Å². The second-order valence-electron chi connectivity index (χ2n) is 9.21. The second kappa shape index (κ2) is 27.2. The van der Waals surface area contributed by atoms with E-state index in [0.717, 1.165) is 44.9 Å². The van der Waals surface area contributed by atoms with Crippen LogP contribution in [0.5, 0.6) is 0 Å². The van der Waals surface area contributed by atoms with Gasteiger partial charge in [0.25, 0.3) is 0 Å². The van der Waals surface area contributed by atoms with E-state index in [1.54, 1.807) is 0 Å². The summed E-state index contributed by atoms with van der Waals surface area (Å²) in [7, 11) is -3.52. The summed E-state index contributed by atoms with van der Waals surface area (Å²) in [5.74, 6) is 0. The maximum Gasteiger partial charge on any atom is 0.508 e. The Morgan fingerprint density at radius 3 is 1.26 bits per heavy atom. The van der Waals surface area contributed by atoms with Gasteiger partial charge in [0.15, 0.2) is 0 Å². The molecule has 0 rings (SSSR count). The zero-order valence-electron chi connectivity index (χ0n) is 24.2. The molecule has 10 nitrogen and oxygen atoms in total. The van der Waals surface area contributed by atoms with Crippen LogP contribution in [-0.4, -0.2) is 58.5 Å². The number of hydrogen-bond donors (Lipinski definition) is 1. The van der Waals surface area contributed by atoms with Crippen molar-refractivity contribution in [3.63, 3.8) is 0 Å². The van der Waals surface area contributed by atoms with E-state index in [1.807, 2.05) is 6.92 Å². The third kappa shape index (κ3) is 25.0. The maximum atomic E-state index is 12.9. The highest BCUT2D eigenvalue weighted by Crippen LogP contribution is 2.43. The fourth-order valence-corrected chi connectivity index (χ4v) is 4.83. The Morgan fingerprint density at radius 2 is 0.868 bits per heavy atom. The van der Waals surface area contributed by atoms with Crippen molar-refractivity contribution in [2.45, 2.75) is 117 Å². The largest absolute Gasteiger partial charge is 0.508 e. The molecule has 226 valence electrons. The molecular formula is C27H54NO9P. The average molecular weight is 568 g/mol. The molecule has 1 N–H and O–H groups in total. The lowest BCUT2D eigenvalue weighted by Crippen LogP contribution is -2.18. The summed E-state index contributed by atoms with van der Waals surface area (Å²) >= 11 is 0. The highest BCUT2D eigenvalue weighted by molar-refractivity contribution is 7.51. The average Bonchev–Trinajstić information content (AvgIpc) is 2.90. The number of ether oxygens (including phenoxy) is 4. The number of carbonyl (C=O) groups is 2. The Labute approximate surface area is 230 Å². The van der Waals surface area contributed by atoms with Gasteiger partial charge in [0.1, 0.15) is 0 Å². The first kappa shape index (κ1) is 36.6. The zero-order valence-corrected chi connectivity index (χ0v) is 25.1. The van der Waals surface area contributed by atoms with Gasteiger partial charge in [-0.05, 0) is 19.3 Å². The minimum Gasteiger partial charge on any atom is -0.434 e. The van der Waals surface area contributed by atoms with Crippen LogP contribution in [-0.2, 0) is 32.6 Å². The lowest BCUT2D eigenvalue weighted by atomic mass is 10.1. The van der Waals surface area contributed by atoms with Crippen LogP contribution >= 0.6 is 7.75 Å². The fourth-order valence-electron chi connectivity index (χ4n) is 3.33. The first-order valence-electron chi connectivity index (χ1n) is 14.7. The van der Waals surface area contributed by atoms with Gasteiger partial charge in [-0.2, -0.15) is 0 Å². The highest BCUT2D eigenvalue weighted by atomic mass is 31.2. The van der Waals surface area contributed by atoms with Crippen LogP contribution in [0.2, 0.25) is 0 Å². The molecule has 0 aromatic heterocycles. The SMILES string of the molecule is CCCCCCCCOC(=O)OCCCOP(=O)(NCCC)OCCCOC(=O)OCCCCCCCC. The van der Waals surface area contributed by atoms with Crippen molar-refractivity contribution in [1.29, 1.82) is 0 Å². The molecule has 0 fully saturated rings. The number of rotatable bonds is 27. The molecule has 0 aliphatic rings. The first-order valence-corrected chi connectivity index (χ1v) is 16.2. The summed E-state index contributed by atoms with van der Waals surface area (Å²) in [6.45, 7) is 7.81. The third-order valence-electron chi connectivity index (χ3n) is 5.53. The summed E-state index contributed by atoms with van der Waals surface area (Å²) in [5.41, 5.74) is 0. The van der Waals surface area contributed by atoms with E-state index in [9.17, 15) is 14.2 Å². The molecule has 0 saturated carbocycles. The smallest absolute Gasteiger partial charge is 0.434 e. The molecule has 0 radical (unpaired) electrons. The van der Waals surface area contributed by atoms with Gasteiger partial charge in [-0.25, -0.2) is 19.2 Å². The van der Waals surface area contributed by atoms with Gasteiger partial charge in [0.05, 0.1) is 39.6 Å². The van der Waals surface area contributed by atoms with Crippen LogP contribution in [0.25, 0.3) is 0 Å². The van der Waals surface area contributed by atoms with Gasteiger partial charge in [0, 0.05) is 19.4 Å². The topological polar surface area (TPSA) is 119 Å². The lowest BCUT2D eigenvalue weighted by molar-refractivity contribution is 0.0494. The van der Waals surface area contributed by atoms with Gasteiger partial charge in [-0.3, -0.25) is 9.05 Å². The van der Waals surface area contributed by atoms with E-state index in [4.69, 9.17) is 28.0 Å². The Balaban J connectivity index is 3.90. The molecular weight excluding hydrogens is 513 g/mol. The Bertz CT molecular complexity index is 563. The Morgan fingerprint density at radius 1 is 0.500 bits per heavy atom. The quantitative estimate of drug-likeness (QED) is 0.0595. The molecule has 11 heteroatoms. The number of hydrogen-bond acceptors (Lipinski definition) is 9. The predicted molar refractivity (Wildman–Crippen MR) is 148 cm³/mol. The maximum absolute atomic E-state index is 12.9. The Hall–Kier alpha value is -1.35. The summed E-state index contributed by atoms with van der Waals surface area (Å²) in [6, 6.07) is 0. The van der Waals surface area contributed by atoms with Crippen molar-refractivity contribution in [2.24, 2.45) is 0 Å². The van der Waals surface area contributed by atoms with Gasteiger partial charge < -0.3 is 18.9 Å². The van der Waals surface area contributed by atoms with Gasteiger partial charge in [0.2, 0.25) is 0 Å². The highest BCUT2D eigenvalue weighted by Gasteiger charge is 2.23. The molecule has 0 aliphatic heterocycles. The van der Waals surface area contributed by atoms with Gasteiger partial charge >= 0.3 is 20.1 Å². The van der Waals surface area contributed by atoms with Crippen molar-refractivity contribution in [3.8, 4) is 0 Å². The van der Waals surface area contributed by atoms with Crippen LogP contribution in [0.15, 0.2) is 0 Å². The number of carbonyl (C=O) groups excluding carboxylic acids is 2. The third-order valence-corrected chi connectivity index (χ3v) is 7.19. The molecule has 0 bridgehead atoms. The van der Waals surface area contributed by atoms with E-state index in [2.05, 4.69) is 18.9 Å². The monoisotopic (exact) mass is 567 g/mol. The van der Waals surface area contributed by atoms with E-state index < -0.39 is 20.1 Å². The Kier molecular flexibility index (Phi) is 26.3. The van der Waals surface area contributed by atoms with Gasteiger partial charge in [-0.15, -0.1) is 0 Å².